The molecule has 1 aromatic carbocycles. The molecule has 12 heavy (non-hydrogen) atoms. The van der Waals surface area contributed by atoms with E-state index in [1.54, 1.807) is 6.07 Å². The molecule has 0 atom stereocenters. The van der Waals surface area contributed by atoms with Gasteiger partial charge in [0.2, 0.25) is 0 Å². The highest BCUT2D eigenvalue weighted by molar-refractivity contribution is 8.93. The molecule has 0 fully saturated rings. The van der Waals surface area contributed by atoms with Crippen LogP contribution in [0.5, 0.6) is 11.5 Å². The van der Waals surface area contributed by atoms with Gasteiger partial charge in [-0.05, 0) is 24.5 Å². The molecule has 1 aromatic rings. The SMILES string of the molecule is Br.Oc1cccc2c1OCCC2. The fourth-order valence-corrected chi connectivity index (χ4v) is 1.37. The summed E-state index contributed by atoms with van der Waals surface area (Å²) in [5.41, 5.74) is 1.12. The minimum absolute atomic E-state index is 0. The largest absolute Gasteiger partial charge is 0.504 e. The summed E-state index contributed by atoms with van der Waals surface area (Å²) in [5, 5.41) is 9.33. The van der Waals surface area contributed by atoms with Crippen molar-refractivity contribution in [3.8, 4) is 11.5 Å². The standard InChI is InChI=1S/C9H10O2.BrH/c10-8-5-1-3-7-4-2-6-11-9(7)8;/h1,3,5,10H,2,4,6H2;1H. The molecular weight excluding hydrogens is 220 g/mol. The zero-order valence-electron chi connectivity index (χ0n) is 6.62. The molecular formula is C9H11BrO2. The number of para-hydroxylation sites is 1. The highest BCUT2D eigenvalue weighted by Crippen LogP contribution is 2.33. The maximum Gasteiger partial charge on any atom is 0.164 e. The Balaban J connectivity index is 0.000000720. The van der Waals surface area contributed by atoms with Crippen LogP contribution in [-0.4, -0.2) is 11.7 Å². The first-order chi connectivity index (χ1) is 5.38. The van der Waals surface area contributed by atoms with Crippen molar-refractivity contribution in [2.24, 2.45) is 0 Å². The fraction of sp³-hybridized carbons (Fsp3) is 0.333. The van der Waals surface area contributed by atoms with Crippen LogP contribution in [-0.2, 0) is 6.42 Å². The van der Waals surface area contributed by atoms with E-state index < -0.39 is 0 Å². The number of aromatic hydroxyl groups is 1. The monoisotopic (exact) mass is 230 g/mol. The third-order valence-electron chi connectivity index (χ3n) is 1.91. The van der Waals surface area contributed by atoms with E-state index in [-0.39, 0.29) is 22.7 Å². The normalized spacial score (nSPS) is 14.0. The number of aryl methyl sites for hydroxylation is 1. The molecule has 1 N–H and O–H groups in total. The molecule has 1 aliphatic heterocycles. The van der Waals surface area contributed by atoms with Crippen molar-refractivity contribution in [3.63, 3.8) is 0 Å². The maximum absolute atomic E-state index is 9.33. The third-order valence-corrected chi connectivity index (χ3v) is 1.91. The predicted molar refractivity (Wildman–Crippen MR) is 52.2 cm³/mol. The summed E-state index contributed by atoms with van der Waals surface area (Å²) < 4.78 is 5.30. The van der Waals surface area contributed by atoms with Crippen molar-refractivity contribution in [1.82, 2.24) is 0 Å². The van der Waals surface area contributed by atoms with Crippen LogP contribution in [0.15, 0.2) is 18.2 Å². The summed E-state index contributed by atoms with van der Waals surface area (Å²) in [4.78, 5) is 0. The maximum atomic E-state index is 9.33. The number of rotatable bonds is 0. The molecule has 0 aliphatic carbocycles. The summed E-state index contributed by atoms with van der Waals surface area (Å²) in [7, 11) is 0. The smallest absolute Gasteiger partial charge is 0.164 e. The molecule has 0 spiro atoms. The van der Waals surface area contributed by atoms with Crippen LogP contribution in [0.25, 0.3) is 0 Å². The van der Waals surface area contributed by atoms with Crippen LogP contribution in [0.4, 0.5) is 0 Å². The number of hydrogen-bond donors (Lipinski definition) is 1. The second-order valence-electron chi connectivity index (χ2n) is 2.72. The van der Waals surface area contributed by atoms with Gasteiger partial charge in [0.1, 0.15) is 0 Å². The third kappa shape index (κ3) is 1.55. The molecule has 2 nitrogen and oxygen atoms in total. The number of phenols is 1. The van der Waals surface area contributed by atoms with Crippen LogP contribution in [0.2, 0.25) is 0 Å². The molecule has 1 aliphatic rings. The Kier molecular flexibility index (Phi) is 2.98. The molecule has 66 valence electrons. The minimum atomic E-state index is 0. The summed E-state index contributed by atoms with van der Waals surface area (Å²) in [6, 6.07) is 5.50. The zero-order valence-corrected chi connectivity index (χ0v) is 8.33. The van der Waals surface area contributed by atoms with Gasteiger partial charge in [0.05, 0.1) is 6.61 Å². The Hall–Kier alpha value is -0.700. The number of halogens is 1. The van der Waals surface area contributed by atoms with E-state index in [0.29, 0.717) is 5.75 Å². The van der Waals surface area contributed by atoms with E-state index in [1.165, 1.54) is 0 Å². The van der Waals surface area contributed by atoms with Crippen molar-refractivity contribution in [3.05, 3.63) is 23.8 Å². The minimum Gasteiger partial charge on any atom is -0.504 e. The van der Waals surface area contributed by atoms with Crippen LogP contribution in [0.1, 0.15) is 12.0 Å². The van der Waals surface area contributed by atoms with Gasteiger partial charge in [-0.3, -0.25) is 0 Å². The van der Waals surface area contributed by atoms with E-state index in [2.05, 4.69) is 0 Å². The Morgan fingerprint density at radius 2 is 2.17 bits per heavy atom. The number of ether oxygens (including phenoxy) is 1. The van der Waals surface area contributed by atoms with Crippen molar-refractivity contribution in [1.29, 1.82) is 0 Å². The zero-order chi connectivity index (χ0) is 7.68. The van der Waals surface area contributed by atoms with Gasteiger partial charge >= 0.3 is 0 Å². The lowest BCUT2D eigenvalue weighted by molar-refractivity contribution is 0.273. The molecule has 3 heteroatoms. The van der Waals surface area contributed by atoms with Crippen molar-refractivity contribution < 1.29 is 9.84 Å². The summed E-state index contributed by atoms with van der Waals surface area (Å²) >= 11 is 0. The highest BCUT2D eigenvalue weighted by Gasteiger charge is 2.12. The number of hydrogen-bond acceptors (Lipinski definition) is 2. The molecule has 0 saturated heterocycles. The second-order valence-corrected chi connectivity index (χ2v) is 2.72. The molecule has 0 radical (unpaired) electrons. The number of fused-ring (bicyclic) bond motifs is 1. The van der Waals surface area contributed by atoms with Gasteiger partial charge < -0.3 is 9.84 Å². The van der Waals surface area contributed by atoms with Gasteiger partial charge in [0, 0.05) is 0 Å². The molecule has 0 amide bonds. The Labute approximate surface area is 81.9 Å². The highest BCUT2D eigenvalue weighted by atomic mass is 79.9. The van der Waals surface area contributed by atoms with Crippen molar-refractivity contribution >= 4 is 17.0 Å². The summed E-state index contributed by atoms with van der Waals surface area (Å²) in [6.07, 6.45) is 2.07. The van der Waals surface area contributed by atoms with E-state index in [4.69, 9.17) is 4.74 Å². The van der Waals surface area contributed by atoms with Gasteiger partial charge in [-0.1, -0.05) is 12.1 Å². The van der Waals surface area contributed by atoms with Crippen molar-refractivity contribution in [2.75, 3.05) is 6.61 Å². The first-order valence-electron chi connectivity index (χ1n) is 3.81. The second kappa shape index (κ2) is 3.81. The quantitative estimate of drug-likeness (QED) is 0.742. The first-order valence-corrected chi connectivity index (χ1v) is 3.81. The van der Waals surface area contributed by atoms with Crippen LogP contribution in [0.3, 0.4) is 0 Å². The predicted octanol–water partition coefficient (Wildman–Crippen LogP) is 2.30. The van der Waals surface area contributed by atoms with Crippen molar-refractivity contribution in [2.45, 2.75) is 12.8 Å². The molecule has 1 heterocycles. The average Bonchev–Trinajstić information content (AvgIpc) is 2.06. The molecule has 0 bridgehead atoms. The Morgan fingerprint density at radius 1 is 1.33 bits per heavy atom. The Morgan fingerprint density at radius 3 is 2.92 bits per heavy atom. The number of phenolic OH excluding ortho intramolecular Hbond substituents is 1. The van der Waals surface area contributed by atoms with E-state index in [1.807, 2.05) is 12.1 Å². The number of benzene rings is 1. The van der Waals surface area contributed by atoms with Gasteiger partial charge in [0.15, 0.2) is 11.5 Å². The van der Waals surface area contributed by atoms with Gasteiger partial charge in [0.25, 0.3) is 0 Å². The fourth-order valence-electron chi connectivity index (χ4n) is 1.37. The molecule has 0 unspecified atom stereocenters. The average molecular weight is 231 g/mol. The first kappa shape index (κ1) is 9.39. The topological polar surface area (TPSA) is 29.5 Å². The van der Waals surface area contributed by atoms with Crippen LogP contribution in [0, 0.1) is 0 Å². The van der Waals surface area contributed by atoms with E-state index >= 15 is 0 Å². The molecule has 0 saturated carbocycles. The Bertz CT molecular complexity index is 273. The lowest BCUT2D eigenvalue weighted by Crippen LogP contribution is -2.07. The lowest BCUT2D eigenvalue weighted by Gasteiger charge is -2.17. The summed E-state index contributed by atoms with van der Waals surface area (Å²) in [6.45, 7) is 0.727. The lowest BCUT2D eigenvalue weighted by atomic mass is 10.1. The van der Waals surface area contributed by atoms with Crippen LogP contribution >= 0.6 is 17.0 Å². The van der Waals surface area contributed by atoms with Crippen LogP contribution < -0.4 is 4.74 Å². The molecule has 2 rings (SSSR count). The van der Waals surface area contributed by atoms with E-state index in [0.717, 1.165) is 25.0 Å². The summed E-state index contributed by atoms with van der Waals surface area (Å²) in [5.74, 6) is 0.945. The molecule has 0 aromatic heterocycles. The van der Waals surface area contributed by atoms with Gasteiger partial charge in [-0.25, -0.2) is 0 Å². The van der Waals surface area contributed by atoms with Gasteiger partial charge in [-0.2, -0.15) is 0 Å². The van der Waals surface area contributed by atoms with Gasteiger partial charge in [-0.15, -0.1) is 17.0 Å². The van der Waals surface area contributed by atoms with E-state index in [9.17, 15) is 5.11 Å².